The summed E-state index contributed by atoms with van der Waals surface area (Å²) < 4.78 is 6.41. The molecule has 0 aliphatic heterocycles. The van der Waals surface area contributed by atoms with Crippen LogP contribution >= 0.6 is 0 Å². The molecule has 4 rings (SSSR count). The van der Waals surface area contributed by atoms with Gasteiger partial charge < -0.3 is 4.74 Å². The molecule has 0 fully saturated rings. The van der Waals surface area contributed by atoms with Gasteiger partial charge in [0, 0.05) is 11.1 Å². The summed E-state index contributed by atoms with van der Waals surface area (Å²) in [6, 6.07) is 33.5. The van der Waals surface area contributed by atoms with E-state index in [4.69, 9.17) is 4.74 Å². The Kier molecular flexibility index (Phi) is 4.76. The average molecular weight is 350 g/mol. The molecule has 0 spiro atoms. The molecule has 0 N–H and O–H groups in total. The van der Waals surface area contributed by atoms with Gasteiger partial charge in [-0.25, -0.2) is 0 Å². The summed E-state index contributed by atoms with van der Waals surface area (Å²) in [7, 11) is 0. The second-order valence-electron chi connectivity index (χ2n) is 6.83. The molecule has 4 aromatic rings. The number of hydrogen-bond donors (Lipinski definition) is 0. The molecule has 0 saturated heterocycles. The SMILES string of the molecule is Cc1ccc(-c2ccccc2Oc2ccccc2-c2ccc(C)cc2)cc1. The minimum absolute atomic E-state index is 0.862. The van der Waals surface area contributed by atoms with Crippen molar-refractivity contribution in [2.75, 3.05) is 0 Å². The van der Waals surface area contributed by atoms with Crippen LogP contribution < -0.4 is 4.74 Å². The summed E-state index contributed by atoms with van der Waals surface area (Å²) in [5.41, 5.74) is 7.00. The Morgan fingerprint density at radius 2 is 0.815 bits per heavy atom. The molecule has 0 aliphatic rings. The maximum absolute atomic E-state index is 6.41. The van der Waals surface area contributed by atoms with Gasteiger partial charge in [0.1, 0.15) is 11.5 Å². The number of rotatable bonds is 4. The fourth-order valence-corrected chi connectivity index (χ4v) is 3.17. The minimum Gasteiger partial charge on any atom is -0.456 e. The average Bonchev–Trinajstić information content (AvgIpc) is 2.70. The Morgan fingerprint density at radius 1 is 0.444 bits per heavy atom. The van der Waals surface area contributed by atoms with Gasteiger partial charge in [-0.05, 0) is 37.1 Å². The van der Waals surface area contributed by atoms with E-state index in [-0.39, 0.29) is 0 Å². The van der Waals surface area contributed by atoms with Crippen LogP contribution in [-0.4, -0.2) is 0 Å². The lowest BCUT2D eigenvalue weighted by Gasteiger charge is -2.15. The van der Waals surface area contributed by atoms with E-state index in [1.807, 2.05) is 36.4 Å². The number of aryl methyl sites for hydroxylation is 2. The van der Waals surface area contributed by atoms with Crippen molar-refractivity contribution in [2.45, 2.75) is 13.8 Å². The highest BCUT2D eigenvalue weighted by Gasteiger charge is 2.11. The zero-order chi connectivity index (χ0) is 18.6. The summed E-state index contributed by atoms with van der Waals surface area (Å²) in [6.07, 6.45) is 0. The van der Waals surface area contributed by atoms with Crippen LogP contribution in [0.1, 0.15) is 11.1 Å². The van der Waals surface area contributed by atoms with Crippen molar-refractivity contribution in [3.63, 3.8) is 0 Å². The summed E-state index contributed by atoms with van der Waals surface area (Å²) in [4.78, 5) is 0. The molecule has 0 bridgehead atoms. The van der Waals surface area contributed by atoms with Crippen LogP contribution in [0.5, 0.6) is 11.5 Å². The molecule has 4 aromatic carbocycles. The Hall–Kier alpha value is -3.32. The first-order chi connectivity index (χ1) is 13.2. The van der Waals surface area contributed by atoms with Gasteiger partial charge >= 0.3 is 0 Å². The van der Waals surface area contributed by atoms with Crippen molar-refractivity contribution in [1.82, 2.24) is 0 Å². The van der Waals surface area contributed by atoms with Crippen LogP contribution in [0.25, 0.3) is 22.3 Å². The molecule has 0 unspecified atom stereocenters. The maximum Gasteiger partial charge on any atom is 0.135 e. The molecule has 0 amide bonds. The Balaban J connectivity index is 1.74. The quantitative estimate of drug-likeness (QED) is 0.372. The molecule has 1 heteroatoms. The standard InChI is InChI=1S/C26H22O/c1-19-11-15-21(16-12-19)23-7-3-5-9-25(23)27-26-10-6-4-8-24(26)22-17-13-20(2)14-18-22/h3-18H,1-2H3. The fourth-order valence-electron chi connectivity index (χ4n) is 3.17. The van der Waals surface area contributed by atoms with Crippen LogP contribution in [0.2, 0.25) is 0 Å². The Labute approximate surface area is 160 Å². The van der Waals surface area contributed by atoms with Gasteiger partial charge in [-0.3, -0.25) is 0 Å². The van der Waals surface area contributed by atoms with E-state index < -0.39 is 0 Å². The lowest BCUT2D eigenvalue weighted by atomic mass is 10.0. The molecule has 132 valence electrons. The summed E-state index contributed by atoms with van der Waals surface area (Å²) in [5.74, 6) is 1.72. The monoisotopic (exact) mass is 350 g/mol. The van der Waals surface area contributed by atoms with E-state index >= 15 is 0 Å². The number of hydrogen-bond acceptors (Lipinski definition) is 1. The molecule has 0 saturated carbocycles. The van der Waals surface area contributed by atoms with E-state index in [0.29, 0.717) is 0 Å². The second-order valence-corrected chi connectivity index (χ2v) is 6.83. The molecule has 0 radical (unpaired) electrons. The molecule has 1 nitrogen and oxygen atoms in total. The van der Waals surface area contributed by atoms with Gasteiger partial charge in [0.15, 0.2) is 0 Å². The Morgan fingerprint density at radius 3 is 1.22 bits per heavy atom. The summed E-state index contributed by atoms with van der Waals surface area (Å²) >= 11 is 0. The first kappa shape index (κ1) is 17.1. The van der Waals surface area contributed by atoms with E-state index in [1.165, 1.54) is 11.1 Å². The first-order valence-corrected chi connectivity index (χ1v) is 9.21. The highest BCUT2D eigenvalue weighted by Crippen LogP contribution is 2.37. The first-order valence-electron chi connectivity index (χ1n) is 9.21. The number of ether oxygens (including phenoxy) is 1. The smallest absolute Gasteiger partial charge is 0.135 e. The van der Waals surface area contributed by atoms with Crippen LogP contribution in [0, 0.1) is 13.8 Å². The molecule has 0 aromatic heterocycles. The van der Waals surface area contributed by atoms with Crippen LogP contribution in [-0.2, 0) is 0 Å². The molecular formula is C26H22O. The van der Waals surface area contributed by atoms with Gasteiger partial charge in [-0.15, -0.1) is 0 Å². The van der Waals surface area contributed by atoms with E-state index in [0.717, 1.165) is 33.8 Å². The third kappa shape index (κ3) is 3.78. The van der Waals surface area contributed by atoms with Crippen molar-refractivity contribution in [3.05, 3.63) is 108 Å². The van der Waals surface area contributed by atoms with Crippen molar-refractivity contribution in [1.29, 1.82) is 0 Å². The molecule has 0 aliphatic carbocycles. The van der Waals surface area contributed by atoms with E-state index in [1.54, 1.807) is 0 Å². The number of para-hydroxylation sites is 2. The summed E-state index contributed by atoms with van der Waals surface area (Å²) in [5, 5.41) is 0. The highest BCUT2D eigenvalue weighted by atomic mass is 16.5. The largest absolute Gasteiger partial charge is 0.456 e. The normalized spacial score (nSPS) is 10.6. The molecule has 0 atom stereocenters. The zero-order valence-electron chi connectivity index (χ0n) is 15.6. The minimum atomic E-state index is 0.862. The number of benzene rings is 4. The van der Waals surface area contributed by atoms with E-state index in [2.05, 4.69) is 74.5 Å². The Bertz CT molecular complexity index is 957. The van der Waals surface area contributed by atoms with Crippen LogP contribution in [0.3, 0.4) is 0 Å². The van der Waals surface area contributed by atoms with Gasteiger partial charge in [0.2, 0.25) is 0 Å². The highest BCUT2D eigenvalue weighted by molar-refractivity contribution is 5.74. The zero-order valence-corrected chi connectivity index (χ0v) is 15.6. The topological polar surface area (TPSA) is 9.23 Å². The van der Waals surface area contributed by atoms with Gasteiger partial charge in [0.05, 0.1) is 0 Å². The fraction of sp³-hybridized carbons (Fsp3) is 0.0769. The predicted octanol–water partition coefficient (Wildman–Crippen LogP) is 7.43. The third-order valence-corrected chi connectivity index (χ3v) is 4.72. The van der Waals surface area contributed by atoms with Crippen LogP contribution in [0.15, 0.2) is 97.1 Å². The molecular weight excluding hydrogens is 328 g/mol. The van der Waals surface area contributed by atoms with Crippen molar-refractivity contribution in [2.24, 2.45) is 0 Å². The predicted molar refractivity (Wildman–Crippen MR) is 113 cm³/mol. The lowest BCUT2D eigenvalue weighted by Crippen LogP contribution is -1.91. The van der Waals surface area contributed by atoms with Crippen molar-refractivity contribution in [3.8, 4) is 33.8 Å². The lowest BCUT2D eigenvalue weighted by molar-refractivity contribution is 0.486. The summed E-state index contributed by atoms with van der Waals surface area (Å²) in [6.45, 7) is 4.20. The van der Waals surface area contributed by atoms with Crippen LogP contribution in [0.4, 0.5) is 0 Å². The molecule has 27 heavy (non-hydrogen) atoms. The van der Waals surface area contributed by atoms with Crippen molar-refractivity contribution < 1.29 is 4.74 Å². The second kappa shape index (κ2) is 7.51. The third-order valence-electron chi connectivity index (χ3n) is 4.72. The van der Waals surface area contributed by atoms with Gasteiger partial charge in [-0.2, -0.15) is 0 Å². The van der Waals surface area contributed by atoms with Gasteiger partial charge in [0.25, 0.3) is 0 Å². The molecule has 0 heterocycles. The van der Waals surface area contributed by atoms with Gasteiger partial charge in [-0.1, -0.05) is 96.1 Å². The van der Waals surface area contributed by atoms with E-state index in [9.17, 15) is 0 Å². The maximum atomic E-state index is 6.41. The van der Waals surface area contributed by atoms with Crippen molar-refractivity contribution >= 4 is 0 Å².